The van der Waals surface area contributed by atoms with Crippen LogP contribution in [0.25, 0.3) is 5.69 Å². The molecule has 1 heterocycles. The van der Waals surface area contributed by atoms with Crippen molar-refractivity contribution in [1.29, 1.82) is 0 Å². The molecule has 2 N–H and O–H groups in total. The lowest BCUT2D eigenvalue weighted by Gasteiger charge is -2.17. The zero-order valence-corrected chi connectivity index (χ0v) is 19.3. The van der Waals surface area contributed by atoms with Gasteiger partial charge in [0.05, 0.1) is 12.8 Å². The van der Waals surface area contributed by atoms with Gasteiger partial charge in [0.2, 0.25) is 17.0 Å². The first-order valence-electron chi connectivity index (χ1n) is 10.4. The number of hydrogen-bond acceptors (Lipinski definition) is 7. The van der Waals surface area contributed by atoms with Crippen molar-refractivity contribution in [2.45, 2.75) is 17.3 Å². The smallest absolute Gasteiger partial charge is 0.242 e. The van der Waals surface area contributed by atoms with Crippen molar-refractivity contribution in [2.75, 3.05) is 17.7 Å². The van der Waals surface area contributed by atoms with E-state index in [1.54, 1.807) is 37.4 Å². The largest absolute Gasteiger partial charge is 0.497 e. The molecule has 2 amide bonds. The van der Waals surface area contributed by atoms with E-state index in [2.05, 4.69) is 26.2 Å². The summed E-state index contributed by atoms with van der Waals surface area (Å²) < 4.78 is 6.79. The molecule has 0 radical (unpaired) electrons. The number of aromatic nitrogens is 4. The number of methoxy groups -OCH3 is 1. The second-order valence-corrected chi connectivity index (χ2v) is 8.31. The van der Waals surface area contributed by atoms with Gasteiger partial charge < -0.3 is 15.4 Å². The molecule has 9 nitrogen and oxygen atoms in total. The number of tetrazole rings is 1. The van der Waals surface area contributed by atoms with Gasteiger partial charge in [-0.15, -0.1) is 5.10 Å². The molecule has 1 atom stereocenters. The van der Waals surface area contributed by atoms with Crippen LogP contribution in [0.3, 0.4) is 0 Å². The fraction of sp³-hybridized carbons (Fsp3) is 0.125. The Hall–Kier alpha value is -4.18. The van der Waals surface area contributed by atoms with Gasteiger partial charge >= 0.3 is 0 Å². The SMILES string of the molecule is COc1cccc(NC(=O)C(Sc2nnnn2-c2cccc(NC(C)=O)c2)c2ccccc2)c1. The lowest BCUT2D eigenvalue weighted by atomic mass is 10.1. The molecule has 1 unspecified atom stereocenters. The van der Waals surface area contributed by atoms with E-state index in [0.717, 1.165) is 5.56 Å². The van der Waals surface area contributed by atoms with Crippen LogP contribution in [0.1, 0.15) is 17.7 Å². The zero-order chi connectivity index (χ0) is 23.9. The van der Waals surface area contributed by atoms with Crippen LogP contribution in [-0.4, -0.2) is 39.1 Å². The van der Waals surface area contributed by atoms with E-state index < -0.39 is 5.25 Å². The molecule has 0 fully saturated rings. The summed E-state index contributed by atoms with van der Waals surface area (Å²) in [5.41, 5.74) is 2.69. The third-order valence-corrected chi connectivity index (χ3v) is 5.94. The van der Waals surface area contributed by atoms with Gasteiger partial charge in [-0.05, 0) is 46.3 Å². The monoisotopic (exact) mass is 474 g/mol. The maximum absolute atomic E-state index is 13.4. The highest BCUT2D eigenvalue weighted by atomic mass is 32.2. The predicted octanol–water partition coefficient (Wildman–Crippen LogP) is 4.10. The van der Waals surface area contributed by atoms with Crippen molar-refractivity contribution in [2.24, 2.45) is 0 Å². The molecule has 172 valence electrons. The molecule has 4 rings (SSSR count). The number of hydrogen-bond donors (Lipinski definition) is 2. The Balaban J connectivity index is 1.63. The Morgan fingerprint density at radius 2 is 1.68 bits per heavy atom. The molecule has 0 saturated carbocycles. The van der Waals surface area contributed by atoms with Crippen LogP contribution in [0.15, 0.2) is 84.0 Å². The van der Waals surface area contributed by atoms with Gasteiger partial charge in [-0.3, -0.25) is 9.59 Å². The van der Waals surface area contributed by atoms with Crippen LogP contribution in [0.2, 0.25) is 0 Å². The van der Waals surface area contributed by atoms with Crippen molar-refractivity contribution in [3.05, 3.63) is 84.4 Å². The van der Waals surface area contributed by atoms with Crippen molar-refractivity contribution < 1.29 is 14.3 Å². The minimum atomic E-state index is -0.629. The third-order valence-electron chi connectivity index (χ3n) is 4.75. The van der Waals surface area contributed by atoms with E-state index in [4.69, 9.17) is 4.74 Å². The maximum atomic E-state index is 13.4. The molecule has 4 aromatic rings. The Morgan fingerprint density at radius 1 is 0.941 bits per heavy atom. The Kier molecular flexibility index (Phi) is 7.19. The molecule has 0 aliphatic carbocycles. The average Bonchev–Trinajstić information content (AvgIpc) is 3.31. The molecule has 1 aromatic heterocycles. The van der Waals surface area contributed by atoms with Gasteiger partial charge in [-0.25, -0.2) is 0 Å². The van der Waals surface area contributed by atoms with Gasteiger partial charge in [0.15, 0.2) is 0 Å². The van der Waals surface area contributed by atoms with E-state index in [-0.39, 0.29) is 11.8 Å². The van der Waals surface area contributed by atoms with Crippen LogP contribution in [0, 0.1) is 0 Å². The fourth-order valence-electron chi connectivity index (χ4n) is 3.25. The summed E-state index contributed by atoms with van der Waals surface area (Å²) >= 11 is 1.22. The van der Waals surface area contributed by atoms with Crippen molar-refractivity contribution in [3.8, 4) is 11.4 Å². The number of amides is 2. The maximum Gasteiger partial charge on any atom is 0.242 e. The first-order chi connectivity index (χ1) is 16.5. The van der Waals surface area contributed by atoms with E-state index in [1.807, 2.05) is 48.5 Å². The summed E-state index contributed by atoms with van der Waals surface area (Å²) in [4.78, 5) is 24.8. The second kappa shape index (κ2) is 10.6. The van der Waals surface area contributed by atoms with E-state index in [1.165, 1.54) is 23.4 Å². The van der Waals surface area contributed by atoms with E-state index in [9.17, 15) is 9.59 Å². The van der Waals surface area contributed by atoms with Crippen LogP contribution in [0.4, 0.5) is 11.4 Å². The van der Waals surface area contributed by atoms with Gasteiger partial charge in [0.25, 0.3) is 0 Å². The third kappa shape index (κ3) is 5.59. The quantitative estimate of drug-likeness (QED) is 0.370. The summed E-state index contributed by atoms with van der Waals surface area (Å²) in [7, 11) is 1.57. The molecule has 10 heteroatoms. The van der Waals surface area contributed by atoms with Gasteiger partial charge in [0, 0.05) is 24.4 Å². The van der Waals surface area contributed by atoms with Gasteiger partial charge in [0.1, 0.15) is 11.0 Å². The minimum absolute atomic E-state index is 0.179. The van der Waals surface area contributed by atoms with Crippen LogP contribution < -0.4 is 15.4 Å². The molecule has 0 aliphatic rings. The van der Waals surface area contributed by atoms with Crippen LogP contribution in [0.5, 0.6) is 5.75 Å². The van der Waals surface area contributed by atoms with Crippen LogP contribution in [-0.2, 0) is 9.59 Å². The number of carbonyl (C=O) groups excluding carboxylic acids is 2. The van der Waals surface area contributed by atoms with Crippen molar-refractivity contribution in [3.63, 3.8) is 0 Å². The lowest BCUT2D eigenvalue weighted by Crippen LogP contribution is -2.19. The molecule has 0 aliphatic heterocycles. The molecule has 0 saturated heterocycles. The number of benzene rings is 3. The molecule has 3 aromatic carbocycles. The molecule has 34 heavy (non-hydrogen) atoms. The summed E-state index contributed by atoms with van der Waals surface area (Å²) in [5.74, 6) is 0.234. The fourth-order valence-corrected chi connectivity index (χ4v) is 4.24. The van der Waals surface area contributed by atoms with Crippen LogP contribution >= 0.6 is 11.8 Å². The summed E-state index contributed by atoms with van der Waals surface area (Å²) in [6, 6.07) is 23.7. The zero-order valence-electron chi connectivity index (χ0n) is 18.5. The molecule has 0 bridgehead atoms. The molecule has 0 spiro atoms. The first kappa shape index (κ1) is 23.0. The van der Waals surface area contributed by atoms with E-state index >= 15 is 0 Å². The minimum Gasteiger partial charge on any atom is -0.497 e. The molecular weight excluding hydrogens is 452 g/mol. The number of thioether (sulfide) groups is 1. The first-order valence-corrected chi connectivity index (χ1v) is 11.2. The van der Waals surface area contributed by atoms with Gasteiger partial charge in [-0.2, -0.15) is 4.68 Å². The second-order valence-electron chi connectivity index (χ2n) is 7.23. The summed E-state index contributed by atoms with van der Waals surface area (Å²) in [5, 5.41) is 17.5. The Morgan fingerprint density at radius 3 is 2.41 bits per heavy atom. The highest BCUT2D eigenvalue weighted by Gasteiger charge is 2.25. The summed E-state index contributed by atoms with van der Waals surface area (Å²) in [6.07, 6.45) is 0. The highest BCUT2D eigenvalue weighted by Crippen LogP contribution is 2.36. The number of carbonyl (C=O) groups is 2. The number of ether oxygens (including phenoxy) is 1. The number of nitrogens with zero attached hydrogens (tertiary/aromatic N) is 4. The highest BCUT2D eigenvalue weighted by molar-refractivity contribution is 8.00. The lowest BCUT2D eigenvalue weighted by molar-refractivity contribution is -0.116. The Labute approximate surface area is 200 Å². The van der Waals surface area contributed by atoms with Crippen molar-refractivity contribution >= 4 is 35.0 Å². The molecular formula is C24H22N6O3S. The summed E-state index contributed by atoms with van der Waals surface area (Å²) in [6.45, 7) is 1.44. The predicted molar refractivity (Wildman–Crippen MR) is 130 cm³/mol. The number of nitrogens with one attached hydrogen (secondary N) is 2. The average molecular weight is 475 g/mol. The van der Waals surface area contributed by atoms with Gasteiger partial charge in [-0.1, -0.05) is 54.2 Å². The number of rotatable bonds is 8. The van der Waals surface area contributed by atoms with E-state index in [0.29, 0.717) is 28.0 Å². The van der Waals surface area contributed by atoms with Crippen molar-refractivity contribution in [1.82, 2.24) is 20.2 Å². The Bertz CT molecular complexity index is 1290. The standard InChI is InChI=1S/C24H22N6O3S/c1-16(31)25-18-10-6-12-20(14-18)30-24(27-28-29-30)34-22(17-8-4-3-5-9-17)23(32)26-19-11-7-13-21(15-19)33-2/h3-15,22H,1-2H3,(H,25,31)(H,26,32). The topological polar surface area (TPSA) is 111 Å². The normalized spacial score (nSPS) is 11.5. The number of anilines is 2.